The number of benzene rings is 1. The van der Waals surface area contributed by atoms with E-state index < -0.39 is 0 Å². The molecular formula is C11H16BrNO2. The molecule has 15 heavy (non-hydrogen) atoms. The second-order valence-corrected chi connectivity index (χ2v) is 3.90. The lowest BCUT2D eigenvalue weighted by Gasteiger charge is -2.09. The fourth-order valence-electron chi connectivity index (χ4n) is 1.16. The van der Waals surface area contributed by atoms with Crippen LogP contribution in [0.5, 0.6) is 5.75 Å². The zero-order valence-electron chi connectivity index (χ0n) is 9.05. The minimum Gasteiger partial charge on any atom is -0.466 e. The summed E-state index contributed by atoms with van der Waals surface area (Å²) >= 11 is 3.46. The first kappa shape index (κ1) is 12.5. The van der Waals surface area contributed by atoms with Crippen molar-refractivity contribution in [3.63, 3.8) is 0 Å². The average Bonchev–Trinajstić information content (AvgIpc) is 2.22. The Morgan fingerprint density at radius 3 is 2.80 bits per heavy atom. The molecule has 0 bridgehead atoms. The molecule has 0 atom stereocenters. The van der Waals surface area contributed by atoms with Crippen LogP contribution in [0, 0.1) is 0 Å². The molecule has 4 heteroatoms. The smallest absolute Gasteiger partial charge is 0.189 e. The molecule has 84 valence electrons. The van der Waals surface area contributed by atoms with Crippen molar-refractivity contribution in [3.05, 3.63) is 28.2 Å². The molecular weight excluding hydrogens is 258 g/mol. The van der Waals surface area contributed by atoms with Crippen LogP contribution in [0.25, 0.3) is 0 Å². The zero-order valence-corrected chi connectivity index (χ0v) is 10.6. The first-order chi connectivity index (χ1) is 7.27. The Morgan fingerprint density at radius 2 is 2.20 bits per heavy atom. The predicted molar refractivity (Wildman–Crippen MR) is 64.0 cm³/mol. The van der Waals surface area contributed by atoms with Crippen molar-refractivity contribution >= 4 is 15.9 Å². The van der Waals surface area contributed by atoms with Gasteiger partial charge in [0.05, 0.1) is 4.47 Å². The van der Waals surface area contributed by atoms with Crippen molar-refractivity contribution in [2.45, 2.75) is 13.5 Å². The molecule has 0 fully saturated rings. The van der Waals surface area contributed by atoms with Gasteiger partial charge in [0.2, 0.25) is 0 Å². The molecule has 0 aliphatic heterocycles. The molecule has 0 saturated carbocycles. The minimum absolute atomic E-state index is 0.292. The maximum Gasteiger partial charge on any atom is 0.189 e. The molecule has 3 nitrogen and oxygen atoms in total. The second kappa shape index (κ2) is 6.82. The van der Waals surface area contributed by atoms with Gasteiger partial charge >= 0.3 is 0 Å². The van der Waals surface area contributed by atoms with E-state index in [1.54, 1.807) is 0 Å². The highest BCUT2D eigenvalue weighted by atomic mass is 79.9. The van der Waals surface area contributed by atoms with Crippen molar-refractivity contribution in [1.29, 1.82) is 0 Å². The van der Waals surface area contributed by atoms with Gasteiger partial charge in [-0.1, -0.05) is 6.07 Å². The molecule has 1 N–H and O–H groups in total. The Balaban J connectivity index is 2.58. The maximum atomic E-state index is 5.42. The zero-order chi connectivity index (χ0) is 11.1. The normalized spacial score (nSPS) is 10.3. The molecule has 1 aromatic carbocycles. The van der Waals surface area contributed by atoms with Gasteiger partial charge in [0.15, 0.2) is 6.79 Å². The molecule has 0 saturated heterocycles. The fraction of sp³-hybridized carbons (Fsp3) is 0.455. The molecule has 0 aromatic heterocycles. The molecule has 0 unspecified atom stereocenters. The SMILES string of the molecule is CCOCOc1ccc(CNC)cc1Br. The summed E-state index contributed by atoms with van der Waals surface area (Å²) in [6.45, 7) is 3.74. The van der Waals surface area contributed by atoms with E-state index in [1.807, 2.05) is 32.2 Å². The van der Waals surface area contributed by atoms with Crippen LogP contribution in [-0.4, -0.2) is 20.4 Å². The lowest BCUT2D eigenvalue weighted by atomic mass is 10.2. The summed E-state index contributed by atoms with van der Waals surface area (Å²) in [5.41, 5.74) is 1.22. The Labute approximate surface area is 98.9 Å². The predicted octanol–water partition coefficient (Wildman–Crippen LogP) is 2.54. The van der Waals surface area contributed by atoms with Gasteiger partial charge in [-0.15, -0.1) is 0 Å². The first-order valence-corrected chi connectivity index (χ1v) is 5.70. The molecule has 0 radical (unpaired) electrons. The summed E-state index contributed by atoms with van der Waals surface area (Å²) in [7, 11) is 1.92. The van der Waals surface area contributed by atoms with Gasteiger partial charge in [0, 0.05) is 13.2 Å². The molecule has 0 amide bonds. The van der Waals surface area contributed by atoms with Gasteiger partial charge < -0.3 is 14.8 Å². The number of rotatable bonds is 6. The summed E-state index contributed by atoms with van der Waals surface area (Å²) in [6, 6.07) is 6.01. The summed E-state index contributed by atoms with van der Waals surface area (Å²) in [6.07, 6.45) is 0. The lowest BCUT2D eigenvalue weighted by molar-refractivity contribution is 0.0219. The molecule has 0 heterocycles. The van der Waals surface area contributed by atoms with Crippen LogP contribution in [-0.2, 0) is 11.3 Å². The van der Waals surface area contributed by atoms with Crippen molar-refractivity contribution in [2.75, 3.05) is 20.4 Å². The van der Waals surface area contributed by atoms with Gasteiger partial charge in [-0.25, -0.2) is 0 Å². The average molecular weight is 274 g/mol. The first-order valence-electron chi connectivity index (χ1n) is 4.91. The Bertz CT molecular complexity index is 305. The summed E-state index contributed by atoms with van der Waals surface area (Å²) < 4.78 is 11.5. The van der Waals surface area contributed by atoms with E-state index in [2.05, 4.69) is 21.2 Å². The van der Waals surface area contributed by atoms with Gasteiger partial charge in [0.1, 0.15) is 5.75 Å². The van der Waals surface area contributed by atoms with E-state index >= 15 is 0 Å². The highest BCUT2D eigenvalue weighted by Crippen LogP contribution is 2.25. The Hall–Kier alpha value is -0.580. The van der Waals surface area contributed by atoms with Crippen molar-refractivity contribution in [3.8, 4) is 5.75 Å². The number of halogens is 1. The lowest BCUT2D eigenvalue weighted by Crippen LogP contribution is -2.06. The third-order valence-corrected chi connectivity index (χ3v) is 2.50. The van der Waals surface area contributed by atoms with E-state index in [9.17, 15) is 0 Å². The summed E-state index contributed by atoms with van der Waals surface area (Å²) in [5.74, 6) is 0.809. The summed E-state index contributed by atoms with van der Waals surface area (Å²) in [4.78, 5) is 0. The Kier molecular flexibility index (Phi) is 5.68. The number of hydrogen-bond donors (Lipinski definition) is 1. The van der Waals surface area contributed by atoms with Crippen LogP contribution in [0.1, 0.15) is 12.5 Å². The van der Waals surface area contributed by atoms with Gasteiger partial charge in [0.25, 0.3) is 0 Å². The van der Waals surface area contributed by atoms with E-state index in [1.165, 1.54) is 5.56 Å². The van der Waals surface area contributed by atoms with Crippen LogP contribution in [0.15, 0.2) is 22.7 Å². The highest BCUT2D eigenvalue weighted by molar-refractivity contribution is 9.10. The molecule has 1 rings (SSSR count). The van der Waals surface area contributed by atoms with E-state index in [-0.39, 0.29) is 0 Å². The topological polar surface area (TPSA) is 30.5 Å². The molecule has 0 aliphatic rings. The van der Waals surface area contributed by atoms with Crippen LogP contribution in [0.3, 0.4) is 0 Å². The minimum atomic E-state index is 0.292. The third kappa shape index (κ3) is 4.20. The van der Waals surface area contributed by atoms with Crippen LogP contribution in [0.4, 0.5) is 0 Å². The quantitative estimate of drug-likeness (QED) is 0.638. The Morgan fingerprint density at radius 1 is 1.40 bits per heavy atom. The number of ether oxygens (including phenoxy) is 2. The molecule has 0 spiro atoms. The summed E-state index contributed by atoms with van der Waals surface area (Å²) in [5, 5.41) is 3.10. The van der Waals surface area contributed by atoms with Gasteiger partial charge in [-0.3, -0.25) is 0 Å². The second-order valence-electron chi connectivity index (χ2n) is 3.05. The van der Waals surface area contributed by atoms with E-state index in [0.29, 0.717) is 13.4 Å². The van der Waals surface area contributed by atoms with Crippen molar-refractivity contribution < 1.29 is 9.47 Å². The monoisotopic (exact) mass is 273 g/mol. The van der Waals surface area contributed by atoms with E-state index in [0.717, 1.165) is 16.8 Å². The van der Waals surface area contributed by atoms with Gasteiger partial charge in [-0.05, 0) is 47.6 Å². The fourth-order valence-corrected chi connectivity index (χ4v) is 1.70. The number of hydrogen-bond acceptors (Lipinski definition) is 3. The largest absolute Gasteiger partial charge is 0.466 e. The maximum absolute atomic E-state index is 5.42. The van der Waals surface area contributed by atoms with Crippen LogP contribution >= 0.6 is 15.9 Å². The van der Waals surface area contributed by atoms with E-state index in [4.69, 9.17) is 9.47 Å². The molecule has 0 aliphatic carbocycles. The van der Waals surface area contributed by atoms with Crippen molar-refractivity contribution in [2.24, 2.45) is 0 Å². The highest BCUT2D eigenvalue weighted by Gasteiger charge is 2.01. The third-order valence-electron chi connectivity index (χ3n) is 1.88. The molecule has 1 aromatic rings. The number of nitrogens with one attached hydrogen (secondary N) is 1. The van der Waals surface area contributed by atoms with Crippen LogP contribution in [0.2, 0.25) is 0 Å². The van der Waals surface area contributed by atoms with Crippen molar-refractivity contribution in [1.82, 2.24) is 5.32 Å². The standard InChI is InChI=1S/C11H16BrNO2/c1-3-14-8-15-11-5-4-9(7-13-2)6-10(11)12/h4-6,13H,3,7-8H2,1-2H3. The van der Waals surface area contributed by atoms with Gasteiger partial charge in [-0.2, -0.15) is 0 Å². The van der Waals surface area contributed by atoms with Crippen LogP contribution < -0.4 is 10.1 Å².